The van der Waals surface area contributed by atoms with Crippen LogP contribution in [0.3, 0.4) is 0 Å². The van der Waals surface area contributed by atoms with E-state index in [4.69, 9.17) is 4.74 Å². The van der Waals surface area contributed by atoms with Crippen LogP contribution in [0.4, 0.5) is 24.7 Å². The van der Waals surface area contributed by atoms with Gasteiger partial charge < -0.3 is 14.5 Å². The highest BCUT2D eigenvalue weighted by Crippen LogP contribution is 2.43. The van der Waals surface area contributed by atoms with Crippen molar-refractivity contribution >= 4 is 21.5 Å². The van der Waals surface area contributed by atoms with Crippen molar-refractivity contribution in [2.45, 2.75) is 55.6 Å². The number of piperidine rings is 2. The van der Waals surface area contributed by atoms with Crippen LogP contribution in [0.2, 0.25) is 0 Å². The van der Waals surface area contributed by atoms with Gasteiger partial charge in [-0.1, -0.05) is 12.1 Å². The fourth-order valence-corrected chi connectivity index (χ4v) is 8.11. The molecular weight excluding hydrogens is 581 g/mol. The average Bonchev–Trinajstić information content (AvgIpc) is 3.85. The number of aromatic nitrogens is 3. The summed E-state index contributed by atoms with van der Waals surface area (Å²) in [5.41, 5.74) is 0.384. The van der Waals surface area contributed by atoms with E-state index in [0.29, 0.717) is 18.3 Å². The van der Waals surface area contributed by atoms with E-state index in [1.165, 1.54) is 17.8 Å². The molecule has 0 bridgehead atoms. The quantitative estimate of drug-likeness (QED) is 0.332. The highest BCUT2D eigenvalue weighted by molar-refractivity contribution is 7.89. The van der Waals surface area contributed by atoms with Crippen molar-refractivity contribution in [3.05, 3.63) is 66.6 Å². The molecule has 3 aliphatic rings. The Hall–Kier alpha value is -3.45. The predicted molar refractivity (Wildman–Crippen MR) is 155 cm³/mol. The van der Waals surface area contributed by atoms with Gasteiger partial charge in [0.15, 0.2) is 0 Å². The Bertz CT molecular complexity index is 1500. The number of alkyl halides is 3. The molecule has 1 aromatic carbocycles. The number of hydrogen-bond acceptors (Lipinski definition) is 8. The first-order chi connectivity index (χ1) is 20.6. The van der Waals surface area contributed by atoms with Crippen LogP contribution >= 0.6 is 0 Å². The number of benzene rings is 1. The Morgan fingerprint density at radius 3 is 2.21 bits per heavy atom. The molecule has 230 valence electrons. The number of nitrogens with zero attached hydrogens (tertiary/aromatic N) is 6. The minimum absolute atomic E-state index is 0.0789. The van der Waals surface area contributed by atoms with Gasteiger partial charge in [-0.05, 0) is 74.3 Å². The number of sulfonamides is 1. The van der Waals surface area contributed by atoms with Gasteiger partial charge in [-0.15, -0.1) is 0 Å². The molecule has 1 spiro atoms. The summed E-state index contributed by atoms with van der Waals surface area (Å²) in [5.74, 6) is 0.750. The molecule has 2 aliphatic heterocycles. The van der Waals surface area contributed by atoms with E-state index < -0.39 is 26.7 Å². The van der Waals surface area contributed by atoms with E-state index in [-0.39, 0.29) is 25.2 Å². The number of hydrogen-bond donors (Lipinski definition) is 0. The highest BCUT2D eigenvalue weighted by atomic mass is 32.2. The predicted octanol–water partition coefficient (Wildman–Crippen LogP) is 5.01. The standard InChI is InChI=1S/C30H35F3N6O3S/c31-30(32,33)25-3-1-2-4-26(25)43(40,41)39(24-5-6-24)21-22-42-28-35-16-9-27(36-28)38-19-12-29(13-20-38)10-17-37(18-11-29)23-7-14-34-15-8-23/h1-4,7-9,14-16,24H,5-6,10-13,17-22H2. The second kappa shape index (κ2) is 11.9. The Morgan fingerprint density at radius 2 is 1.56 bits per heavy atom. The molecule has 0 radical (unpaired) electrons. The number of halogens is 3. The summed E-state index contributed by atoms with van der Waals surface area (Å²) in [6.45, 7) is 3.63. The number of anilines is 2. The van der Waals surface area contributed by atoms with Crippen molar-refractivity contribution in [3.8, 4) is 6.01 Å². The van der Waals surface area contributed by atoms with E-state index in [9.17, 15) is 21.6 Å². The Labute approximate surface area is 249 Å². The summed E-state index contributed by atoms with van der Waals surface area (Å²) in [6.07, 6.45) is 6.14. The minimum atomic E-state index is -4.78. The zero-order valence-corrected chi connectivity index (χ0v) is 24.6. The van der Waals surface area contributed by atoms with Crippen LogP contribution in [0.1, 0.15) is 44.1 Å². The topological polar surface area (TPSA) is 91.8 Å². The molecular formula is C30H35F3N6O3S. The molecule has 3 aromatic rings. The first kappa shape index (κ1) is 29.6. The minimum Gasteiger partial charge on any atom is -0.462 e. The Balaban J connectivity index is 1.04. The van der Waals surface area contributed by atoms with Crippen molar-refractivity contribution in [1.29, 1.82) is 0 Å². The summed E-state index contributed by atoms with van der Waals surface area (Å²) < 4.78 is 74.3. The van der Waals surface area contributed by atoms with Gasteiger partial charge in [0.05, 0.1) is 10.5 Å². The molecule has 0 N–H and O–H groups in total. The summed E-state index contributed by atoms with van der Waals surface area (Å²) in [4.78, 5) is 16.8. The lowest BCUT2D eigenvalue weighted by atomic mass is 9.71. The lowest BCUT2D eigenvalue weighted by Crippen LogP contribution is -2.47. The molecule has 6 rings (SSSR count). The molecule has 0 amide bonds. The van der Waals surface area contributed by atoms with Crippen LogP contribution in [0, 0.1) is 5.41 Å². The van der Waals surface area contributed by atoms with Gasteiger partial charge in [0.2, 0.25) is 10.0 Å². The van der Waals surface area contributed by atoms with E-state index >= 15 is 0 Å². The third kappa shape index (κ3) is 6.57. The third-order valence-corrected chi connectivity index (χ3v) is 10.9. The second-order valence-corrected chi connectivity index (χ2v) is 13.4. The van der Waals surface area contributed by atoms with E-state index in [0.717, 1.165) is 74.1 Å². The molecule has 4 heterocycles. The van der Waals surface area contributed by atoms with Crippen LogP contribution < -0.4 is 14.5 Å². The fourth-order valence-electron chi connectivity index (χ4n) is 6.22. The largest absolute Gasteiger partial charge is 0.462 e. The average molecular weight is 617 g/mol. The molecule has 0 unspecified atom stereocenters. The third-order valence-electron chi connectivity index (χ3n) is 8.89. The van der Waals surface area contributed by atoms with Crippen LogP contribution in [-0.4, -0.2) is 73.0 Å². The molecule has 3 fully saturated rings. The van der Waals surface area contributed by atoms with Crippen molar-refractivity contribution in [2.75, 3.05) is 49.1 Å². The van der Waals surface area contributed by atoms with E-state index in [1.54, 1.807) is 6.20 Å². The summed E-state index contributed by atoms with van der Waals surface area (Å²) >= 11 is 0. The monoisotopic (exact) mass is 616 g/mol. The number of pyridine rings is 1. The van der Waals surface area contributed by atoms with Crippen LogP contribution in [-0.2, 0) is 16.2 Å². The fraction of sp³-hybridized carbons (Fsp3) is 0.500. The van der Waals surface area contributed by atoms with E-state index in [2.05, 4.69) is 36.9 Å². The number of ether oxygens (including phenoxy) is 1. The maximum Gasteiger partial charge on any atom is 0.417 e. The molecule has 43 heavy (non-hydrogen) atoms. The highest BCUT2D eigenvalue weighted by Gasteiger charge is 2.43. The zero-order valence-electron chi connectivity index (χ0n) is 23.8. The Kier molecular flexibility index (Phi) is 8.20. The van der Waals surface area contributed by atoms with Crippen LogP contribution in [0.25, 0.3) is 0 Å². The maximum absolute atomic E-state index is 13.6. The molecule has 13 heteroatoms. The first-order valence-electron chi connectivity index (χ1n) is 14.7. The lowest BCUT2D eigenvalue weighted by molar-refractivity contribution is -0.139. The maximum atomic E-state index is 13.6. The van der Waals surface area contributed by atoms with Gasteiger partial charge in [0, 0.05) is 63.0 Å². The molecule has 2 aromatic heterocycles. The SMILES string of the molecule is O=S(=O)(c1ccccc1C(F)(F)F)N(CCOc1nccc(N2CCC3(CCN(c4ccncc4)CC3)CC2)n1)C1CC1. The molecule has 2 saturated heterocycles. The normalized spacial score (nSPS) is 19.2. The lowest BCUT2D eigenvalue weighted by Gasteiger charge is -2.47. The molecule has 0 atom stereocenters. The van der Waals surface area contributed by atoms with E-state index in [1.807, 2.05) is 18.5 Å². The van der Waals surface area contributed by atoms with Gasteiger partial charge >= 0.3 is 12.2 Å². The smallest absolute Gasteiger partial charge is 0.417 e. The molecule has 1 saturated carbocycles. The molecule has 9 nitrogen and oxygen atoms in total. The Morgan fingerprint density at radius 1 is 0.907 bits per heavy atom. The van der Waals surface area contributed by atoms with Crippen molar-refractivity contribution in [3.63, 3.8) is 0 Å². The van der Waals surface area contributed by atoms with Gasteiger partial charge in [-0.25, -0.2) is 13.4 Å². The van der Waals surface area contributed by atoms with Gasteiger partial charge in [0.1, 0.15) is 12.4 Å². The number of rotatable bonds is 9. The zero-order chi connectivity index (χ0) is 30.1. The second-order valence-electron chi connectivity index (χ2n) is 11.6. The summed E-state index contributed by atoms with van der Waals surface area (Å²) in [5, 5.41) is 0. The van der Waals surface area contributed by atoms with Crippen molar-refractivity contribution in [2.24, 2.45) is 5.41 Å². The van der Waals surface area contributed by atoms with Gasteiger partial charge in [0.25, 0.3) is 0 Å². The van der Waals surface area contributed by atoms with Gasteiger partial charge in [-0.3, -0.25) is 4.98 Å². The van der Waals surface area contributed by atoms with Gasteiger partial charge in [-0.2, -0.15) is 22.5 Å². The van der Waals surface area contributed by atoms with Crippen LogP contribution in [0.5, 0.6) is 6.01 Å². The molecule has 1 aliphatic carbocycles. The van der Waals surface area contributed by atoms with Crippen molar-refractivity contribution in [1.82, 2.24) is 19.3 Å². The van der Waals surface area contributed by atoms with Crippen LogP contribution in [0.15, 0.2) is 66.0 Å². The summed E-state index contributed by atoms with van der Waals surface area (Å²) in [6, 6.07) is 10.0. The van der Waals surface area contributed by atoms with Crippen molar-refractivity contribution < 1.29 is 26.3 Å². The summed E-state index contributed by atoms with van der Waals surface area (Å²) in [7, 11) is -4.39. The first-order valence-corrected chi connectivity index (χ1v) is 16.1.